The molecule has 2 unspecified atom stereocenters. The Morgan fingerprint density at radius 2 is 1.91 bits per heavy atom. The molecule has 4 rings (SSSR count). The number of benzene rings is 2. The van der Waals surface area contributed by atoms with Crippen molar-refractivity contribution >= 4 is 23.6 Å². The molecule has 2 aromatic rings. The van der Waals surface area contributed by atoms with Gasteiger partial charge in [0, 0.05) is 10.9 Å². The van der Waals surface area contributed by atoms with Gasteiger partial charge in [-0.2, -0.15) is 13.2 Å². The number of aryl methyl sites for hydroxylation is 2. The molecule has 1 amide bonds. The summed E-state index contributed by atoms with van der Waals surface area (Å²) in [6, 6.07) is 8.68. The number of amides is 1. The van der Waals surface area contributed by atoms with Crippen LogP contribution in [0.2, 0.25) is 5.02 Å². The molecule has 1 saturated carbocycles. The summed E-state index contributed by atoms with van der Waals surface area (Å²) in [6.45, 7) is 3.57. The van der Waals surface area contributed by atoms with E-state index in [-0.39, 0.29) is 23.4 Å². The number of alkyl halides is 3. The third-order valence-corrected chi connectivity index (χ3v) is 6.96. The summed E-state index contributed by atoms with van der Waals surface area (Å²) in [5.74, 6) is -1.46. The molecule has 1 fully saturated rings. The smallest absolute Gasteiger partial charge is 0.349 e. The molecule has 0 saturated heterocycles. The van der Waals surface area contributed by atoms with E-state index in [1.807, 2.05) is 18.2 Å². The minimum absolute atomic E-state index is 0.00882. The Labute approximate surface area is 191 Å². The molecule has 0 spiro atoms. The number of allylic oxidation sites excluding steroid dienone is 1. The van der Waals surface area contributed by atoms with Crippen molar-refractivity contribution in [1.82, 2.24) is 5.32 Å². The first kappa shape index (κ1) is 22.9. The third-order valence-electron chi connectivity index (χ3n) is 6.57. The van der Waals surface area contributed by atoms with Gasteiger partial charge in [0.2, 0.25) is 5.91 Å². The second-order valence-electron chi connectivity index (χ2n) is 9.01. The van der Waals surface area contributed by atoms with Crippen molar-refractivity contribution in [3.63, 3.8) is 0 Å². The van der Waals surface area contributed by atoms with E-state index in [4.69, 9.17) is 11.6 Å². The summed E-state index contributed by atoms with van der Waals surface area (Å²) < 4.78 is 41.6. The van der Waals surface area contributed by atoms with Gasteiger partial charge in [0.15, 0.2) is 0 Å². The molecule has 170 valence electrons. The maximum absolute atomic E-state index is 13.9. The van der Waals surface area contributed by atoms with Gasteiger partial charge in [-0.25, -0.2) is 0 Å². The highest BCUT2D eigenvalue weighted by molar-refractivity contribution is 6.31. The summed E-state index contributed by atoms with van der Waals surface area (Å²) in [6.07, 6.45) is 2.94. The SMILES string of the molecule is Cc1cc(C(/C=C/c2ccc3c(c2)CCCC3NC(=O)C2CC2)C(F)(F)F)cc(Cl)c1C. The number of hydrogen-bond acceptors (Lipinski definition) is 1. The van der Waals surface area contributed by atoms with Gasteiger partial charge >= 0.3 is 6.18 Å². The number of rotatable bonds is 5. The number of nitrogens with one attached hydrogen (secondary N) is 1. The zero-order valence-electron chi connectivity index (χ0n) is 18.2. The lowest BCUT2D eigenvalue weighted by Crippen LogP contribution is -2.32. The zero-order valence-corrected chi connectivity index (χ0v) is 19.0. The molecule has 0 heterocycles. The topological polar surface area (TPSA) is 29.1 Å². The van der Waals surface area contributed by atoms with Crippen LogP contribution < -0.4 is 5.32 Å². The molecule has 0 aromatic heterocycles. The molecular formula is C26H27ClF3NO. The Morgan fingerprint density at radius 1 is 1.16 bits per heavy atom. The van der Waals surface area contributed by atoms with Gasteiger partial charge in [-0.1, -0.05) is 48.0 Å². The Kier molecular flexibility index (Phi) is 6.39. The highest BCUT2D eigenvalue weighted by Gasteiger charge is 2.39. The fourth-order valence-corrected chi connectivity index (χ4v) is 4.64. The average molecular weight is 462 g/mol. The molecule has 0 bridgehead atoms. The number of carbonyl (C=O) groups is 1. The number of fused-ring (bicyclic) bond motifs is 1. The summed E-state index contributed by atoms with van der Waals surface area (Å²) in [7, 11) is 0. The Morgan fingerprint density at radius 3 is 2.56 bits per heavy atom. The Bertz CT molecular complexity index is 1030. The second kappa shape index (κ2) is 8.93. The van der Waals surface area contributed by atoms with Crippen molar-refractivity contribution in [2.75, 3.05) is 0 Å². The summed E-state index contributed by atoms with van der Waals surface area (Å²) >= 11 is 6.16. The van der Waals surface area contributed by atoms with Gasteiger partial charge < -0.3 is 5.32 Å². The second-order valence-corrected chi connectivity index (χ2v) is 9.42. The average Bonchev–Trinajstić information content (AvgIpc) is 3.56. The van der Waals surface area contributed by atoms with Gasteiger partial charge in [0.25, 0.3) is 0 Å². The lowest BCUT2D eigenvalue weighted by Gasteiger charge is -2.27. The van der Waals surface area contributed by atoms with Crippen LogP contribution in [0.3, 0.4) is 0 Å². The van der Waals surface area contributed by atoms with E-state index in [0.29, 0.717) is 5.02 Å². The van der Waals surface area contributed by atoms with E-state index < -0.39 is 12.1 Å². The van der Waals surface area contributed by atoms with Crippen LogP contribution in [0.4, 0.5) is 13.2 Å². The molecule has 0 radical (unpaired) electrons. The van der Waals surface area contributed by atoms with Crippen molar-refractivity contribution in [1.29, 1.82) is 0 Å². The van der Waals surface area contributed by atoms with E-state index in [9.17, 15) is 18.0 Å². The number of halogens is 4. The van der Waals surface area contributed by atoms with Crippen molar-refractivity contribution < 1.29 is 18.0 Å². The van der Waals surface area contributed by atoms with E-state index in [1.165, 1.54) is 18.2 Å². The molecule has 2 aliphatic carbocycles. The van der Waals surface area contributed by atoms with Crippen LogP contribution in [0.5, 0.6) is 0 Å². The van der Waals surface area contributed by atoms with E-state index in [0.717, 1.165) is 59.9 Å². The quantitative estimate of drug-likeness (QED) is 0.500. The number of carbonyl (C=O) groups excluding carboxylic acids is 1. The third kappa shape index (κ3) is 5.03. The lowest BCUT2D eigenvalue weighted by atomic mass is 9.86. The van der Waals surface area contributed by atoms with Crippen LogP contribution in [0.25, 0.3) is 6.08 Å². The van der Waals surface area contributed by atoms with Crippen LogP contribution in [0.1, 0.15) is 71.0 Å². The minimum Gasteiger partial charge on any atom is -0.349 e. The highest BCUT2D eigenvalue weighted by atomic mass is 35.5. The highest BCUT2D eigenvalue weighted by Crippen LogP contribution is 2.39. The lowest BCUT2D eigenvalue weighted by molar-refractivity contribution is -0.139. The molecule has 0 aliphatic heterocycles. The van der Waals surface area contributed by atoms with Gasteiger partial charge in [-0.05, 0) is 85.4 Å². The van der Waals surface area contributed by atoms with Gasteiger partial charge in [0.1, 0.15) is 0 Å². The van der Waals surface area contributed by atoms with Crippen molar-refractivity contribution in [2.24, 2.45) is 5.92 Å². The monoisotopic (exact) mass is 461 g/mol. The molecule has 1 N–H and O–H groups in total. The summed E-state index contributed by atoms with van der Waals surface area (Å²) in [5, 5.41) is 3.49. The molecule has 2 aliphatic rings. The van der Waals surface area contributed by atoms with Gasteiger partial charge in [0.05, 0.1) is 12.0 Å². The fourth-order valence-electron chi connectivity index (χ4n) is 4.36. The predicted octanol–water partition coefficient (Wildman–Crippen LogP) is 7.22. The van der Waals surface area contributed by atoms with Crippen LogP contribution in [-0.2, 0) is 11.2 Å². The molecular weight excluding hydrogens is 435 g/mol. The van der Waals surface area contributed by atoms with Crippen LogP contribution >= 0.6 is 11.6 Å². The Balaban J connectivity index is 1.58. The van der Waals surface area contributed by atoms with Crippen LogP contribution in [0.15, 0.2) is 36.4 Å². The van der Waals surface area contributed by atoms with Gasteiger partial charge in [-0.3, -0.25) is 4.79 Å². The molecule has 2 aromatic carbocycles. The van der Waals surface area contributed by atoms with Crippen molar-refractivity contribution in [2.45, 2.75) is 64.1 Å². The first-order valence-corrected chi connectivity index (χ1v) is 11.5. The minimum atomic E-state index is -4.42. The normalized spacial score (nSPS) is 19.6. The van der Waals surface area contributed by atoms with Crippen LogP contribution in [-0.4, -0.2) is 12.1 Å². The first-order valence-electron chi connectivity index (χ1n) is 11.1. The fraction of sp³-hybridized carbons (Fsp3) is 0.423. The van der Waals surface area contributed by atoms with Crippen LogP contribution in [0, 0.1) is 19.8 Å². The molecule has 6 heteroatoms. The predicted molar refractivity (Wildman–Crippen MR) is 122 cm³/mol. The molecule has 2 atom stereocenters. The maximum Gasteiger partial charge on any atom is 0.399 e. The largest absolute Gasteiger partial charge is 0.399 e. The standard InChI is InChI=1S/C26H27ClF3NO/c1-15-12-20(14-23(27)16(15)2)22(26(28,29)30)11-7-17-6-10-21-19(13-17)4-3-5-24(21)31-25(32)18-8-9-18/h6-7,10-14,18,22,24H,3-5,8-9H2,1-2H3,(H,31,32)/b11-7+. The van der Waals surface area contributed by atoms with E-state index >= 15 is 0 Å². The van der Waals surface area contributed by atoms with Gasteiger partial charge in [-0.15, -0.1) is 0 Å². The summed E-state index contributed by atoms with van der Waals surface area (Å²) in [4.78, 5) is 12.2. The van der Waals surface area contributed by atoms with Crippen molar-refractivity contribution in [3.05, 3.63) is 74.8 Å². The summed E-state index contributed by atoms with van der Waals surface area (Å²) in [5.41, 5.74) is 4.57. The first-order chi connectivity index (χ1) is 15.1. The van der Waals surface area contributed by atoms with E-state index in [1.54, 1.807) is 19.9 Å². The van der Waals surface area contributed by atoms with Crippen molar-refractivity contribution in [3.8, 4) is 0 Å². The van der Waals surface area contributed by atoms with E-state index in [2.05, 4.69) is 5.32 Å². The Hall–Kier alpha value is -2.27. The number of hydrogen-bond donors (Lipinski definition) is 1. The molecule has 32 heavy (non-hydrogen) atoms. The molecule has 2 nitrogen and oxygen atoms in total. The maximum atomic E-state index is 13.9. The zero-order chi connectivity index (χ0) is 23.0.